The molecule has 1 aliphatic rings. The van der Waals surface area contributed by atoms with E-state index in [1.54, 1.807) is 26.6 Å². The zero-order chi connectivity index (χ0) is 26.0. The lowest BCUT2D eigenvalue weighted by Gasteiger charge is -2.22. The quantitative estimate of drug-likeness (QED) is 0.415. The molecule has 2 heterocycles. The summed E-state index contributed by atoms with van der Waals surface area (Å²) in [4.78, 5) is 19.6. The van der Waals surface area contributed by atoms with Gasteiger partial charge in [0.15, 0.2) is 0 Å². The molecule has 0 radical (unpaired) electrons. The third-order valence-electron chi connectivity index (χ3n) is 6.79. The number of carbonyl (C=O) groups excluding carboxylic acids is 1. The number of aromatic nitrogens is 1. The Hall–Kier alpha value is -3.68. The summed E-state index contributed by atoms with van der Waals surface area (Å²) in [5.41, 5.74) is 4.19. The Bertz CT molecular complexity index is 1180. The molecule has 4 rings (SSSR count). The highest BCUT2D eigenvalue weighted by Crippen LogP contribution is 2.31. The van der Waals surface area contributed by atoms with Gasteiger partial charge in [0.1, 0.15) is 11.5 Å². The van der Waals surface area contributed by atoms with Crippen LogP contribution in [0.15, 0.2) is 73.1 Å². The average Bonchev–Trinajstić information content (AvgIpc) is 3.35. The van der Waals surface area contributed by atoms with Crippen molar-refractivity contribution in [3.8, 4) is 11.5 Å². The molecule has 0 spiro atoms. The summed E-state index contributed by atoms with van der Waals surface area (Å²) in [6.45, 7) is 4.60. The van der Waals surface area contributed by atoms with Crippen LogP contribution in [0.2, 0.25) is 0 Å². The third kappa shape index (κ3) is 6.96. The summed E-state index contributed by atoms with van der Waals surface area (Å²) < 4.78 is 11.1. The lowest BCUT2D eigenvalue weighted by Crippen LogP contribution is -2.43. The lowest BCUT2D eigenvalue weighted by atomic mass is 10.1. The van der Waals surface area contributed by atoms with Gasteiger partial charge in [-0.3, -0.25) is 14.7 Å². The number of amides is 1. The van der Waals surface area contributed by atoms with Crippen LogP contribution in [0.25, 0.3) is 6.08 Å². The van der Waals surface area contributed by atoms with Crippen molar-refractivity contribution in [2.45, 2.75) is 38.5 Å². The maximum absolute atomic E-state index is 13.2. The first-order valence-corrected chi connectivity index (χ1v) is 12.6. The van der Waals surface area contributed by atoms with Gasteiger partial charge in [-0.05, 0) is 36.6 Å². The van der Waals surface area contributed by atoms with E-state index < -0.39 is 0 Å². The van der Waals surface area contributed by atoms with E-state index in [2.05, 4.69) is 44.8 Å². The predicted molar refractivity (Wildman–Crippen MR) is 146 cm³/mol. The molecular weight excluding hydrogens is 464 g/mol. The second-order valence-corrected chi connectivity index (χ2v) is 9.26. The number of pyridine rings is 1. The summed E-state index contributed by atoms with van der Waals surface area (Å²) in [6.07, 6.45) is 8.49. The van der Waals surface area contributed by atoms with Crippen LogP contribution in [0.5, 0.6) is 11.5 Å². The molecule has 1 aliphatic heterocycles. The lowest BCUT2D eigenvalue weighted by molar-refractivity contribution is -0.125. The third-order valence-corrected chi connectivity index (χ3v) is 6.79. The molecule has 2 aromatic carbocycles. The summed E-state index contributed by atoms with van der Waals surface area (Å²) in [5.74, 6) is 1.68. The van der Waals surface area contributed by atoms with Crippen molar-refractivity contribution in [2.75, 3.05) is 27.3 Å². The standard InChI is InChI=1S/C30H36N4O3/c1-22-28(36-2)14-13-25(29(22)37-3)20-32-26-17-27(30(35)33-19-24-11-7-15-31-18-24)34(21-26)16-8-12-23-9-5-4-6-10-23/h4-15,18,26-27,32H,16-17,19-21H2,1-3H3,(H,33,35)/b12-8+/t26-,27-/m0/s1. The monoisotopic (exact) mass is 500 g/mol. The Morgan fingerprint density at radius 2 is 1.92 bits per heavy atom. The van der Waals surface area contributed by atoms with Crippen LogP contribution in [0.4, 0.5) is 0 Å². The summed E-state index contributed by atoms with van der Waals surface area (Å²) in [5, 5.41) is 6.76. The van der Waals surface area contributed by atoms with E-state index in [1.807, 2.05) is 49.4 Å². The fourth-order valence-corrected chi connectivity index (χ4v) is 4.85. The summed E-state index contributed by atoms with van der Waals surface area (Å²) >= 11 is 0. The Morgan fingerprint density at radius 3 is 2.65 bits per heavy atom. The number of hydrogen-bond acceptors (Lipinski definition) is 6. The average molecular weight is 501 g/mol. The number of hydrogen-bond donors (Lipinski definition) is 2. The smallest absolute Gasteiger partial charge is 0.237 e. The number of carbonyl (C=O) groups is 1. The van der Waals surface area contributed by atoms with E-state index >= 15 is 0 Å². The van der Waals surface area contributed by atoms with Crippen LogP contribution in [-0.2, 0) is 17.9 Å². The number of nitrogens with zero attached hydrogens (tertiary/aromatic N) is 2. The van der Waals surface area contributed by atoms with E-state index in [9.17, 15) is 4.79 Å². The maximum Gasteiger partial charge on any atom is 0.237 e. The minimum absolute atomic E-state index is 0.0409. The molecule has 0 unspecified atom stereocenters. The molecule has 194 valence electrons. The molecule has 2 N–H and O–H groups in total. The first-order valence-electron chi connectivity index (χ1n) is 12.6. The maximum atomic E-state index is 13.2. The Kier molecular flexibility index (Phi) is 9.29. The molecule has 37 heavy (non-hydrogen) atoms. The van der Waals surface area contributed by atoms with E-state index in [0.29, 0.717) is 19.6 Å². The number of methoxy groups -OCH3 is 2. The Balaban J connectivity index is 1.42. The number of likely N-dealkylation sites (tertiary alicyclic amines) is 1. The van der Waals surface area contributed by atoms with Crippen molar-refractivity contribution in [1.29, 1.82) is 0 Å². The zero-order valence-corrected chi connectivity index (χ0v) is 21.8. The fourth-order valence-electron chi connectivity index (χ4n) is 4.85. The topological polar surface area (TPSA) is 75.7 Å². The van der Waals surface area contributed by atoms with Gasteiger partial charge in [-0.2, -0.15) is 0 Å². The van der Waals surface area contributed by atoms with Crippen molar-refractivity contribution in [3.05, 3.63) is 95.3 Å². The molecular formula is C30H36N4O3. The highest BCUT2D eigenvalue weighted by Gasteiger charge is 2.36. The molecule has 1 amide bonds. The van der Waals surface area contributed by atoms with Crippen molar-refractivity contribution < 1.29 is 14.3 Å². The second-order valence-electron chi connectivity index (χ2n) is 9.26. The molecule has 0 bridgehead atoms. The van der Waals surface area contributed by atoms with Crippen LogP contribution in [0.3, 0.4) is 0 Å². The van der Waals surface area contributed by atoms with Crippen molar-refractivity contribution in [3.63, 3.8) is 0 Å². The molecule has 7 nitrogen and oxygen atoms in total. The van der Waals surface area contributed by atoms with E-state index in [4.69, 9.17) is 9.47 Å². The van der Waals surface area contributed by atoms with E-state index in [0.717, 1.165) is 46.7 Å². The van der Waals surface area contributed by atoms with Crippen LogP contribution in [0, 0.1) is 6.92 Å². The first kappa shape index (κ1) is 26.4. The van der Waals surface area contributed by atoms with Crippen molar-refractivity contribution in [1.82, 2.24) is 20.5 Å². The number of nitrogens with one attached hydrogen (secondary N) is 2. The van der Waals surface area contributed by atoms with Gasteiger partial charge in [-0.1, -0.05) is 54.6 Å². The van der Waals surface area contributed by atoms with Gasteiger partial charge in [0.05, 0.1) is 20.3 Å². The molecule has 1 saturated heterocycles. The predicted octanol–water partition coefficient (Wildman–Crippen LogP) is 3.97. The van der Waals surface area contributed by atoms with E-state index in [-0.39, 0.29) is 18.0 Å². The molecule has 0 aliphatic carbocycles. The zero-order valence-electron chi connectivity index (χ0n) is 21.8. The summed E-state index contributed by atoms with van der Waals surface area (Å²) in [7, 11) is 3.35. The molecule has 7 heteroatoms. The second kappa shape index (κ2) is 13.0. The van der Waals surface area contributed by atoms with Gasteiger partial charge in [0.2, 0.25) is 5.91 Å². The van der Waals surface area contributed by atoms with Crippen LogP contribution in [0.1, 0.15) is 28.7 Å². The molecule has 0 saturated carbocycles. The van der Waals surface area contributed by atoms with Gasteiger partial charge in [-0.25, -0.2) is 0 Å². The molecule has 3 aromatic rings. The molecule has 2 atom stereocenters. The SMILES string of the molecule is COc1ccc(CN[C@H]2C[C@@H](C(=O)NCc3cccnc3)N(C/C=C/c3ccccc3)C2)c(OC)c1C. The number of benzene rings is 2. The van der Waals surface area contributed by atoms with Gasteiger partial charge < -0.3 is 20.1 Å². The van der Waals surface area contributed by atoms with Crippen LogP contribution >= 0.6 is 0 Å². The normalized spacial score (nSPS) is 17.7. The van der Waals surface area contributed by atoms with Gasteiger partial charge >= 0.3 is 0 Å². The van der Waals surface area contributed by atoms with Crippen LogP contribution in [-0.4, -0.2) is 55.2 Å². The molecule has 1 aromatic heterocycles. The largest absolute Gasteiger partial charge is 0.496 e. The van der Waals surface area contributed by atoms with Gasteiger partial charge in [-0.15, -0.1) is 0 Å². The molecule has 1 fully saturated rings. The first-order chi connectivity index (χ1) is 18.1. The Morgan fingerprint density at radius 1 is 1.08 bits per heavy atom. The summed E-state index contributed by atoms with van der Waals surface area (Å²) in [6, 6.07) is 18.0. The van der Waals surface area contributed by atoms with Crippen molar-refractivity contribution >= 4 is 12.0 Å². The van der Waals surface area contributed by atoms with E-state index in [1.165, 1.54) is 0 Å². The van der Waals surface area contributed by atoms with Gasteiger partial charge in [0, 0.05) is 55.7 Å². The van der Waals surface area contributed by atoms with Crippen LogP contribution < -0.4 is 20.1 Å². The Labute approximate surface area is 219 Å². The highest BCUT2D eigenvalue weighted by atomic mass is 16.5. The number of rotatable bonds is 11. The fraction of sp³-hybridized carbons (Fsp3) is 0.333. The minimum atomic E-state index is -0.214. The number of ether oxygens (including phenoxy) is 2. The van der Waals surface area contributed by atoms with Gasteiger partial charge in [0.25, 0.3) is 0 Å². The minimum Gasteiger partial charge on any atom is -0.496 e. The highest BCUT2D eigenvalue weighted by molar-refractivity contribution is 5.82. The van der Waals surface area contributed by atoms with Crippen molar-refractivity contribution in [2.24, 2.45) is 0 Å².